The van der Waals surface area contributed by atoms with Gasteiger partial charge in [0.05, 0.1) is 5.52 Å². The van der Waals surface area contributed by atoms with Crippen LogP contribution < -0.4 is 0 Å². The molecule has 5 nitrogen and oxygen atoms in total. The van der Waals surface area contributed by atoms with Crippen LogP contribution in [-0.2, 0) is 16.0 Å². The first kappa shape index (κ1) is 20.9. The number of methoxy groups -OCH3 is 1. The van der Waals surface area contributed by atoms with E-state index in [9.17, 15) is 19.4 Å². The molecule has 29 heavy (non-hydrogen) atoms. The summed E-state index contributed by atoms with van der Waals surface area (Å²) in [6.07, 6.45) is 0.124. The summed E-state index contributed by atoms with van der Waals surface area (Å²) in [6.45, 7) is 7.29. The number of carboxylic acid groups (broad SMARTS) is 1. The molecule has 0 saturated carbocycles. The molecule has 0 fully saturated rings. The summed E-state index contributed by atoms with van der Waals surface area (Å²) in [7, 11) is 1.38. The standard InChI is InChI=1S/C23H26FNO4/c1-13(2)21-18(12-23(4,29-5)22(27)28)17-11-16(26)7-9-20(17)25(21)15-6-8-19(24)14(3)10-15/h6-11,13,26H,12H2,1-5H3,(H,27,28). The van der Waals surface area contributed by atoms with E-state index in [-0.39, 0.29) is 23.9 Å². The highest BCUT2D eigenvalue weighted by Crippen LogP contribution is 2.38. The second-order valence-electron chi connectivity index (χ2n) is 7.91. The molecular formula is C23H26FNO4. The van der Waals surface area contributed by atoms with Crippen LogP contribution in [0.5, 0.6) is 5.75 Å². The maximum atomic E-state index is 13.9. The Morgan fingerprint density at radius 3 is 2.48 bits per heavy atom. The minimum absolute atomic E-state index is 0.0415. The Balaban J connectivity index is 2.39. The lowest BCUT2D eigenvalue weighted by Gasteiger charge is -2.24. The molecule has 0 aliphatic carbocycles. The molecule has 0 saturated heterocycles. The van der Waals surface area contributed by atoms with Gasteiger partial charge >= 0.3 is 5.97 Å². The van der Waals surface area contributed by atoms with Crippen LogP contribution in [-0.4, -0.2) is 33.5 Å². The van der Waals surface area contributed by atoms with Gasteiger partial charge in [-0.05, 0) is 67.3 Å². The number of carboxylic acids is 1. The second kappa shape index (κ2) is 7.52. The Kier molecular flexibility index (Phi) is 5.41. The van der Waals surface area contributed by atoms with E-state index in [1.165, 1.54) is 20.1 Å². The van der Waals surface area contributed by atoms with E-state index < -0.39 is 11.6 Å². The number of phenolic OH excluding ortho intramolecular Hbond substituents is 1. The molecule has 0 radical (unpaired) electrons. The second-order valence-corrected chi connectivity index (χ2v) is 7.91. The molecule has 6 heteroatoms. The zero-order chi connectivity index (χ0) is 21.5. The van der Waals surface area contributed by atoms with Crippen LogP contribution in [0.3, 0.4) is 0 Å². The molecule has 2 N–H and O–H groups in total. The predicted octanol–water partition coefficient (Wildman–Crippen LogP) is 4.94. The molecule has 2 aromatic carbocycles. The molecule has 1 aromatic heterocycles. The maximum absolute atomic E-state index is 13.9. The molecule has 0 bridgehead atoms. The van der Waals surface area contributed by atoms with Gasteiger partial charge in [0.25, 0.3) is 0 Å². The third-order valence-corrected chi connectivity index (χ3v) is 5.46. The van der Waals surface area contributed by atoms with E-state index in [1.807, 2.05) is 18.4 Å². The summed E-state index contributed by atoms with van der Waals surface area (Å²) in [6, 6.07) is 9.93. The number of halogens is 1. The molecule has 1 unspecified atom stereocenters. The van der Waals surface area contributed by atoms with Gasteiger partial charge in [0.1, 0.15) is 11.6 Å². The van der Waals surface area contributed by atoms with Gasteiger partial charge in [-0.2, -0.15) is 0 Å². The van der Waals surface area contributed by atoms with Gasteiger partial charge in [0.2, 0.25) is 0 Å². The zero-order valence-corrected chi connectivity index (χ0v) is 17.3. The van der Waals surface area contributed by atoms with E-state index in [1.54, 1.807) is 37.3 Å². The fourth-order valence-corrected chi connectivity index (χ4v) is 3.77. The summed E-state index contributed by atoms with van der Waals surface area (Å²) in [5.41, 5.74) is 2.39. The average molecular weight is 399 g/mol. The number of aliphatic carboxylic acids is 1. The number of fused-ring (bicyclic) bond motifs is 1. The van der Waals surface area contributed by atoms with E-state index in [2.05, 4.69) is 0 Å². The minimum atomic E-state index is -1.42. The van der Waals surface area contributed by atoms with Crippen LogP contribution in [0.25, 0.3) is 16.6 Å². The zero-order valence-electron chi connectivity index (χ0n) is 17.3. The van der Waals surface area contributed by atoms with Gasteiger partial charge in [-0.3, -0.25) is 0 Å². The van der Waals surface area contributed by atoms with E-state index >= 15 is 0 Å². The van der Waals surface area contributed by atoms with Crippen molar-refractivity contribution in [2.24, 2.45) is 0 Å². The maximum Gasteiger partial charge on any atom is 0.336 e. The number of rotatable bonds is 6. The molecule has 1 atom stereocenters. The third-order valence-electron chi connectivity index (χ3n) is 5.46. The number of benzene rings is 2. The lowest BCUT2D eigenvalue weighted by atomic mass is 9.91. The van der Waals surface area contributed by atoms with Gasteiger partial charge in [0.15, 0.2) is 5.60 Å². The molecule has 154 valence electrons. The van der Waals surface area contributed by atoms with Crippen molar-refractivity contribution in [2.45, 2.75) is 45.6 Å². The molecule has 0 amide bonds. The minimum Gasteiger partial charge on any atom is -0.508 e. The highest BCUT2D eigenvalue weighted by Gasteiger charge is 2.36. The first-order valence-corrected chi connectivity index (χ1v) is 9.50. The fourth-order valence-electron chi connectivity index (χ4n) is 3.77. The van der Waals surface area contributed by atoms with E-state index in [0.29, 0.717) is 5.56 Å². The SMILES string of the molecule is COC(C)(Cc1c(C(C)C)n(-c2ccc(F)c(C)c2)c2ccc(O)cc12)C(=O)O. The number of phenols is 1. The van der Waals surface area contributed by atoms with Crippen molar-refractivity contribution < 1.29 is 24.1 Å². The Labute approximate surface area is 169 Å². The van der Waals surface area contributed by atoms with Crippen molar-refractivity contribution in [3.05, 3.63) is 59.0 Å². The number of hydrogen-bond acceptors (Lipinski definition) is 3. The van der Waals surface area contributed by atoms with Gasteiger partial charge in [-0.15, -0.1) is 0 Å². The van der Waals surface area contributed by atoms with Gasteiger partial charge in [-0.1, -0.05) is 13.8 Å². The van der Waals surface area contributed by atoms with Crippen LogP contribution in [0.2, 0.25) is 0 Å². The largest absolute Gasteiger partial charge is 0.508 e. The smallest absolute Gasteiger partial charge is 0.336 e. The number of aromatic nitrogens is 1. The number of ether oxygens (including phenoxy) is 1. The first-order chi connectivity index (χ1) is 13.6. The van der Waals surface area contributed by atoms with Crippen molar-refractivity contribution >= 4 is 16.9 Å². The van der Waals surface area contributed by atoms with Crippen LogP contribution >= 0.6 is 0 Å². The molecule has 0 aliphatic rings. The Morgan fingerprint density at radius 1 is 1.24 bits per heavy atom. The van der Waals surface area contributed by atoms with Crippen LogP contribution in [0.15, 0.2) is 36.4 Å². The highest BCUT2D eigenvalue weighted by molar-refractivity contribution is 5.90. The van der Waals surface area contributed by atoms with Crippen molar-refractivity contribution in [3.63, 3.8) is 0 Å². The van der Waals surface area contributed by atoms with Gasteiger partial charge < -0.3 is 19.5 Å². The molecule has 3 aromatic rings. The summed E-state index contributed by atoms with van der Waals surface area (Å²) in [4.78, 5) is 11.9. The Bertz CT molecular complexity index is 1090. The monoisotopic (exact) mass is 399 g/mol. The number of hydrogen-bond donors (Lipinski definition) is 2. The van der Waals surface area contributed by atoms with Crippen LogP contribution in [0, 0.1) is 12.7 Å². The molecular weight excluding hydrogens is 373 g/mol. The first-order valence-electron chi connectivity index (χ1n) is 9.50. The topological polar surface area (TPSA) is 71.7 Å². The molecule has 0 spiro atoms. The lowest BCUT2D eigenvalue weighted by Crippen LogP contribution is -2.39. The normalized spacial score (nSPS) is 13.8. The van der Waals surface area contributed by atoms with Crippen LogP contribution in [0.1, 0.15) is 43.5 Å². The van der Waals surface area contributed by atoms with Gasteiger partial charge in [0, 0.05) is 30.3 Å². The van der Waals surface area contributed by atoms with E-state index in [4.69, 9.17) is 4.74 Å². The summed E-state index contributed by atoms with van der Waals surface area (Å²) < 4.78 is 21.2. The number of nitrogens with zero attached hydrogens (tertiary/aromatic N) is 1. The summed E-state index contributed by atoms with van der Waals surface area (Å²) in [5.74, 6) is -1.21. The van der Waals surface area contributed by atoms with Crippen molar-refractivity contribution in [1.82, 2.24) is 4.57 Å². The van der Waals surface area contributed by atoms with Crippen LogP contribution in [0.4, 0.5) is 4.39 Å². The molecule has 1 heterocycles. The third kappa shape index (κ3) is 3.60. The van der Waals surface area contributed by atoms with Crippen molar-refractivity contribution in [2.75, 3.05) is 7.11 Å². The lowest BCUT2D eigenvalue weighted by molar-refractivity contribution is -0.159. The quantitative estimate of drug-likeness (QED) is 0.616. The number of aromatic hydroxyl groups is 1. The highest BCUT2D eigenvalue weighted by atomic mass is 19.1. The number of carbonyl (C=O) groups is 1. The number of aryl methyl sites for hydroxylation is 1. The fraction of sp³-hybridized carbons (Fsp3) is 0.348. The Morgan fingerprint density at radius 2 is 1.93 bits per heavy atom. The molecule has 0 aliphatic heterocycles. The predicted molar refractivity (Wildman–Crippen MR) is 110 cm³/mol. The summed E-state index contributed by atoms with van der Waals surface area (Å²) in [5, 5.41) is 20.6. The van der Waals surface area contributed by atoms with Crippen molar-refractivity contribution in [1.29, 1.82) is 0 Å². The average Bonchev–Trinajstić information content (AvgIpc) is 2.97. The summed E-state index contributed by atoms with van der Waals surface area (Å²) >= 11 is 0. The van der Waals surface area contributed by atoms with Crippen molar-refractivity contribution in [3.8, 4) is 11.4 Å². The Hall–Kier alpha value is -2.86. The molecule has 3 rings (SSSR count). The van der Waals surface area contributed by atoms with Gasteiger partial charge in [-0.25, -0.2) is 9.18 Å². The van der Waals surface area contributed by atoms with E-state index in [0.717, 1.165) is 27.8 Å².